The van der Waals surface area contributed by atoms with Gasteiger partial charge in [-0.1, -0.05) is 17.7 Å². The molecule has 15 heteroatoms. The summed E-state index contributed by atoms with van der Waals surface area (Å²) in [5.41, 5.74) is -2.98. The first-order valence-corrected chi connectivity index (χ1v) is 13.4. The third-order valence-electron chi connectivity index (χ3n) is 6.24. The summed E-state index contributed by atoms with van der Waals surface area (Å²) in [4.78, 5) is 22.8. The maximum atomic E-state index is 14.8. The highest BCUT2D eigenvalue weighted by atomic mass is 35.5. The fraction of sp³-hybridized carbons (Fsp3) is 0.304. The molecule has 0 radical (unpaired) electrons. The third-order valence-corrected chi connectivity index (χ3v) is 8.24. The van der Waals surface area contributed by atoms with Gasteiger partial charge in [-0.25, -0.2) is 26.9 Å². The van der Waals surface area contributed by atoms with Crippen LogP contribution in [0.15, 0.2) is 35.3 Å². The number of hydrogen-bond acceptors (Lipinski definition) is 6. The van der Waals surface area contributed by atoms with E-state index in [1.807, 2.05) is 0 Å². The van der Waals surface area contributed by atoms with Gasteiger partial charge < -0.3 is 4.90 Å². The van der Waals surface area contributed by atoms with Gasteiger partial charge in [0, 0.05) is 18.7 Å². The second-order valence-electron chi connectivity index (χ2n) is 8.72. The van der Waals surface area contributed by atoms with Gasteiger partial charge in [0.25, 0.3) is 5.91 Å². The van der Waals surface area contributed by atoms with E-state index in [9.17, 15) is 35.2 Å². The minimum absolute atomic E-state index is 0.00167. The lowest BCUT2D eigenvalue weighted by molar-refractivity contribution is -0.137. The number of carbonyl (C=O) groups is 1. The Hall–Kier alpha value is -3.39. The Balaban J connectivity index is 1.71. The zero-order valence-corrected chi connectivity index (χ0v) is 21.0. The molecule has 0 bridgehead atoms. The molecule has 0 saturated carbocycles. The molecule has 2 aliphatic rings. The van der Waals surface area contributed by atoms with Gasteiger partial charge in [-0.15, -0.1) is 5.10 Å². The first kappa shape index (κ1) is 26.2. The number of amides is 1. The molecule has 0 spiro atoms. The average Bonchev–Trinajstić information content (AvgIpc) is 3.23. The highest BCUT2D eigenvalue weighted by Crippen LogP contribution is 2.41. The van der Waals surface area contributed by atoms with Crippen LogP contribution in [-0.2, 0) is 16.0 Å². The van der Waals surface area contributed by atoms with Gasteiger partial charge in [0.15, 0.2) is 15.7 Å². The number of sulfone groups is 1. The fourth-order valence-electron chi connectivity index (χ4n) is 4.34. The van der Waals surface area contributed by atoms with Crippen LogP contribution in [0, 0.1) is 11.6 Å². The molecule has 1 amide bonds. The van der Waals surface area contributed by atoms with Crippen LogP contribution in [0.5, 0.6) is 0 Å². The van der Waals surface area contributed by atoms with Crippen LogP contribution in [0.1, 0.15) is 46.1 Å². The smallest absolute Gasteiger partial charge is 0.334 e. The Morgan fingerprint density at radius 2 is 1.68 bits per heavy atom. The molecule has 0 unspecified atom stereocenters. The van der Waals surface area contributed by atoms with Gasteiger partial charge in [0.2, 0.25) is 5.82 Å². The van der Waals surface area contributed by atoms with Gasteiger partial charge in [-0.3, -0.25) is 9.79 Å². The SMILES string of the molecule is C[C@@H]1N=C(c2c(F)cccc2F)c2c(ccc(C(F)(F)F)c2Cl)-n2nc(C(=O)N3CCS(=O)(=O)CC3)nc21. The van der Waals surface area contributed by atoms with Crippen molar-refractivity contribution in [1.29, 1.82) is 0 Å². The van der Waals surface area contributed by atoms with E-state index >= 15 is 0 Å². The van der Waals surface area contributed by atoms with Crippen molar-refractivity contribution in [2.24, 2.45) is 4.99 Å². The van der Waals surface area contributed by atoms with Crippen molar-refractivity contribution in [3.63, 3.8) is 0 Å². The summed E-state index contributed by atoms with van der Waals surface area (Å²) in [5, 5.41) is 3.32. The second kappa shape index (κ2) is 9.12. The number of hydrogen-bond donors (Lipinski definition) is 0. The average molecular weight is 574 g/mol. The number of aromatic nitrogens is 3. The Morgan fingerprint density at radius 3 is 2.29 bits per heavy atom. The number of halogens is 6. The van der Waals surface area contributed by atoms with Gasteiger partial charge in [-0.2, -0.15) is 13.2 Å². The van der Waals surface area contributed by atoms with E-state index in [0.717, 1.165) is 28.9 Å². The van der Waals surface area contributed by atoms with Crippen molar-refractivity contribution in [2.45, 2.75) is 19.1 Å². The van der Waals surface area contributed by atoms with Crippen LogP contribution >= 0.6 is 11.6 Å². The molecule has 0 N–H and O–H groups in total. The number of alkyl halides is 3. The third kappa shape index (κ3) is 4.45. The first-order chi connectivity index (χ1) is 17.8. The van der Waals surface area contributed by atoms with E-state index in [1.54, 1.807) is 0 Å². The molecule has 38 heavy (non-hydrogen) atoms. The van der Waals surface area contributed by atoms with E-state index < -0.39 is 67.0 Å². The van der Waals surface area contributed by atoms with Crippen LogP contribution in [0.2, 0.25) is 5.02 Å². The summed E-state index contributed by atoms with van der Waals surface area (Å²) in [6, 6.07) is 3.64. The van der Waals surface area contributed by atoms with Crippen LogP contribution in [0.4, 0.5) is 22.0 Å². The molecule has 1 saturated heterocycles. The topological polar surface area (TPSA) is 97.5 Å². The van der Waals surface area contributed by atoms with Crippen molar-refractivity contribution < 1.29 is 35.2 Å². The Bertz CT molecular complexity index is 1590. The van der Waals surface area contributed by atoms with Gasteiger partial charge >= 0.3 is 6.18 Å². The Morgan fingerprint density at radius 1 is 1.05 bits per heavy atom. The minimum atomic E-state index is -4.90. The van der Waals surface area contributed by atoms with Crippen LogP contribution in [-0.4, -0.2) is 64.3 Å². The van der Waals surface area contributed by atoms with Gasteiger partial charge in [0.05, 0.1) is 39.1 Å². The maximum absolute atomic E-state index is 14.8. The summed E-state index contributed by atoms with van der Waals surface area (Å²) in [7, 11) is -3.27. The van der Waals surface area contributed by atoms with Crippen molar-refractivity contribution in [1.82, 2.24) is 19.7 Å². The molecule has 2 aliphatic heterocycles. The fourth-order valence-corrected chi connectivity index (χ4v) is 5.89. The molecule has 5 rings (SSSR count). The number of rotatable bonds is 2. The number of fused-ring (bicyclic) bond motifs is 3. The van der Waals surface area contributed by atoms with Gasteiger partial charge in [0.1, 0.15) is 17.7 Å². The predicted octanol–water partition coefficient (Wildman–Crippen LogP) is 4.00. The number of benzene rings is 2. The first-order valence-electron chi connectivity index (χ1n) is 11.2. The summed E-state index contributed by atoms with van der Waals surface area (Å²) in [6.07, 6.45) is -4.90. The minimum Gasteiger partial charge on any atom is -0.334 e. The van der Waals surface area contributed by atoms with E-state index in [1.165, 1.54) is 11.8 Å². The molecule has 8 nitrogen and oxygen atoms in total. The lowest BCUT2D eigenvalue weighted by Crippen LogP contribution is -2.44. The lowest BCUT2D eigenvalue weighted by Gasteiger charge is -2.25. The molecule has 1 atom stereocenters. The highest BCUT2D eigenvalue weighted by Gasteiger charge is 2.39. The molecule has 200 valence electrons. The van der Waals surface area contributed by atoms with Crippen LogP contribution in [0.3, 0.4) is 0 Å². The van der Waals surface area contributed by atoms with E-state index in [0.29, 0.717) is 6.07 Å². The normalized spacial score (nSPS) is 18.9. The van der Waals surface area contributed by atoms with Crippen LogP contribution in [0.25, 0.3) is 5.69 Å². The summed E-state index contributed by atoms with van der Waals surface area (Å²) in [5.74, 6) is -3.63. The Labute approximate surface area is 217 Å². The van der Waals surface area contributed by atoms with E-state index in [-0.39, 0.29) is 41.9 Å². The monoisotopic (exact) mass is 573 g/mol. The van der Waals surface area contributed by atoms with Crippen molar-refractivity contribution in [3.05, 3.63) is 75.3 Å². The molecule has 3 aromatic rings. The summed E-state index contributed by atoms with van der Waals surface area (Å²) in [6.45, 7) is 1.31. The lowest BCUT2D eigenvalue weighted by atomic mass is 9.97. The molecule has 2 aromatic carbocycles. The standard InChI is InChI=1S/C23H17ClF5N5O3S/c1-11-21-31-20(22(35)33-7-9-38(36,37)10-8-33)32-34(21)15-6-5-12(23(27,28)29)18(24)17(15)19(30-11)16-13(25)3-2-4-14(16)26/h2-6,11H,7-10H2,1H3/t11-/m0/s1. The van der Waals surface area contributed by atoms with Crippen LogP contribution < -0.4 is 0 Å². The maximum Gasteiger partial charge on any atom is 0.417 e. The largest absolute Gasteiger partial charge is 0.417 e. The van der Waals surface area contributed by atoms with Crippen molar-refractivity contribution in [2.75, 3.05) is 24.6 Å². The molecule has 1 fully saturated rings. The summed E-state index contributed by atoms with van der Waals surface area (Å²) >= 11 is 6.23. The zero-order valence-electron chi connectivity index (χ0n) is 19.4. The highest BCUT2D eigenvalue weighted by molar-refractivity contribution is 7.91. The van der Waals surface area contributed by atoms with Gasteiger partial charge in [-0.05, 0) is 31.2 Å². The van der Waals surface area contributed by atoms with Crippen molar-refractivity contribution in [3.8, 4) is 5.69 Å². The molecule has 0 aliphatic carbocycles. The predicted molar refractivity (Wildman–Crippen MR) is 126 cm³/mol. The second-order valence-corrected chi connectivity index (χ2v) is 11.4. The molecular weight excluding hydrogens is 557 g/mol. The number of carbonyl (C=O) groups excluding carboxylic acids is 1. The number of aliphatic imine (C=N–C) groups is 1. The van der Waals surface area contributed by atoms with E-state index in [4.69, 9.17) is 11.6 Å². The molecular formula is C23H17ClF5N5O3S. The quantitative estimate of drug-likeness (QED) is 0.432. The van der Waals surface area contributed by atoms with Crippen molar-refractivity contribution >= 4 is 33.1 Å². The number of nitrogens with zero attached hydrogens (tertiary/aromatic N) is 5. The Kier molecular flexibility index (Phi) is 6.29. The summed E-state index contributed by atoms with van der Waals surface area (Å²) < 4.78 is 95.4. The molecule has 1 aromatic heterocycles. The zero-order chi connectivity index (χ0) is 27.6. The molecule has 3 heterocycles. The van der Waals surface area contributed by atoms with E-state index in [2.05, 4.69) is 15.1 Å².